The molecule has 3 aromatic rings. The van der Waals surface area contributed by atoms with Crippen molar-refractivity contribution >= 4 is 28.4 Å². The first-order valence-electron chi connectivity index (χ1n) is 11.3. The second kappa shape index (κ2) is 11.4. The molecule has 2 N–H and O–H groups in total. The van der Waals surface area contributed by atoms with E-state index in [0.717, 1.165) is 42.1 Å². The largest absolute Gasteiger partial charge is 0.497 e. The molecule has 37 heavy (non-hydrogen) atoms. The number of methoxy groups -OCH3 is 3. The lowest BCUT2D eigenvalue weighted by Crippen LogP contribution is -2.27. The van der Waals surface area contributed by atoms with Crippen LogP contribution in [-0.4, -0.2) is 43.6 Å². The average Bonchev–Trinajstić information content (AvgIpc) is 3.63. The Morgan fingerprint density at radius 1 is 1.11 bits per heavy atom. The van der Waals surface area contributed by atoms with E-state index in [1.165, 1.54) is 14.2 Å². The Bertz CT molecular complexity index is 1310. The van der Waals surface area contributed by atoms with Gasteiger partial charge in [0.1, 0.15) is 34.7 Å². The molecule has 4 rings (SSSR count). The SMILES string of the molecule is COC(=O)c1c(OCc2c(F)ccc(C(=O)NC3CC3)c2F)nsc1NCc1ccc(OC)cc1OC. The predicted molar refractivity (Wildman–Crippen MR) is 132 cm³/mol. The molecule has 1 aliphatic rings. The summed E-state index contributed by atoms with van der Waals surface area (Å²) in [4.78, 5) is 24.8. The van der Waals surface area contributed by atoms with Gasteiger partial charge in [-0.2, -0.15) is 4.37 Å². The van der Waals surface area contributed by atoms with Gasteiger partial charge in [0.2, 0.25) is 5.88 Å². The zero-order chi connectivity index (χ0) is 26.5. The van der Waals surface area contributed by atoms with Gasteiger partial charge in [-0.15, -0.1) is 0 Å². The van der Waals surface area contributed by atoms with Gasteiger partial charge in [0.15, 0.2) is 5.56 Å². The average molecular weight is 534 g/mol. The summed E-state index contributed by atoms with van der Waals surface area (Å²) < 4.78 is 54.6. The number of hydrogen-bond acceptors (Lipinski definition) is 9. The minimum absolute atomic E-state index is 0.0121. The van der Waals surface area contributed by atoms with Crippen LogP contribution in [0.25, 0.3) is 0 Å². The van der Waals surface area contributed by atoms with Crippen molar-refractivity contribution in [3.63, 3.8) is 0 Å². The number of benzene rings is 2. The Labute approximate surface area is 215 Å². The molecule has 0 radical (unpaired) electrons. The summed E-state index contributed by atoms with van der Waals surface area (Å²) in [5.41, 5.74) is 0.0164. The predicted octanol–water partition coefficient (Wildman–Crippen LogP) is 4.31. The fourth-order valence-corrected chi connectivity index (χ4v) is 4.20. The third kappa shape index (κ3) is 5.91. The zero-order valence-electron chi connectivity index (χ0n) is 20.4. The number of carbonyl (C=O) groups is 2. The monoisotopic (exact) mass is 533 g/mol. The molecule has 12 heteroatoms. The number of esters is 1. The Hall–Kier alpha value is -3.93. The van der Waals surface area contributed by atoms with Gasteiger partial charge in [-0.1, -0.05) is 0 Å². The van der Waals surface area contributed by atoms with E-state index in [4.69, 9.17) is 18.9 Å². The maximum atomic E-state index is 15.0. The molecule has 1 heterocycles. The molecule has 1 amide bonds. The van der Waals surface area contributed by atoms with Gasteiger partial charge in [0.25, 0.3) is 5.91 Å². The maximum Gasteiger partial charge on any atom is 0.346 e. The molecule has 2 aromatic carbocycles. The first-order valence-corrected chi connectivity index (χ1v) is 12.1. The Kier molecular flexibility index (Phi) is 8.07. The van der Waals surface area contributed by atoms with Gasteiger partial charge in [0.05, 0.1) is 32.5 Å². The summed E-state index contributed by atoms with van der Waals surface area (Å²) in [5, 5.41) is 6.10. The quantitative estimate of drug-likeness (QED) is 0.351. The maximum absolute atomic E-state index is 15.0. The number of nitrogens with one attached hydrogen (secondary N) is 2. The molecule has 1 aliphatic carbocycles. The van der Waals surface area contributed by atoms with E-state index >= 15 is 0 Å². The van der Waals surface area contributed by atoms with Crippen LogP contribution in [0.2, 0.25) is 0 Å². The van der Waals surface area contributed by atoms with Gasteiger partial charge in [0, 0.05) is 24.2 Å². The molecule has 9 nitrogen and oxygen atoms in total. The lowest BCUT2D eigenvalue weighted by molar-refractivity contribution is 0.0596. The molecule has 1 aromatic heterocycles. The summed E-state index contributed by atoms with van der Waals surface area (Å²) in [5.74, 6) is -2.25. The molecule has 1 fully saturated rings. The highest BCUT2D eigenvalue weighted by Crippen LogP contribution is 2.34. The molecular formula is C25H25F2N3O6S. The minimum Gasteiger partial charge on any atom is -0.497 e. The fraction of sp³-hybridized carbons (Fsp3) is 0.320. The van der Waals surface area contributed by atoms with Crippen LogP contribution in [0.4, 0.5) is 13.8 Å². The molecule has 0 aliphatic heterocycles. The highest BCUT2D eigenvalue weighted by molar-refractivity contribution is 7.10. The van der Waals surface area contributed by atoms with Gasteiger partial charge >= 0.3 is 5.97 Å². The van der Waals surface area contributed by atoms with Crippen molar-refractivity contribution in [2.24, 2.45) is 0 Å². The zero-order valence-corrected chi connectivity index (χ0v) is 21.2. The van der Waals surface area contributed by atoms with Crippen molar-refractivity contribution in [2.45, 2.75) is 32.0 Å². The fourth-order valence-electron chi connectivity index (χ4n) is 3.49. The Morgan fingerprint density at radius 3 is 2.57 bits per heavy atom. The van der Waals surface area contributed by atoms with E-state index in [0.29, 0.717) is 16.5 Å². The lowest BCUT2D eigenvalue weighted by atomic mass is 10.1. The highest BCUT2D eigenvalue weighted by Gasteiger charge is 2.28. The van der Waals surface area contributed by atoms with Crippen LogP contribution in [0, 0.1) is 11.6 Å². The van der Waals surface area contributed by atoms with Crippen molar-refractivity contribution < 1.29 is 37.3 Å². The number of carbonyl (C=O) groups excluding carboxylic acids is 2. The van der Waals surface area contributed by atoms with Gasteiger partial charge in [-0.3, -0.25) is 4.79 Å². The third-order valence-electron chi connectivity index (χ3n) is 5.68. The smallest absolute Gasteiger partial charge is 0.346 e. The normalized spacial score (nSPS) is 12.6. The highest BCUT2D eigenvalue weighted by atomic mass is 32.1. The minimum atomic E-state index is -1.03. The van der Waals surface area contributed by atoms with Crippen LogP contribution in [0.5, 0.6) is 17.4 Å². The van der Waals surface area contributed by atoms with Crippen molar-refractivity contribution in [1.82, 2.24) is 9.69 Å². The first-order chi connectivity index (χ1) is 17.9. The number of rotatable bonds is 11. The van der Waals surface area contributed by atoms with Crippen molar-refractivity contribution in [3.8, 4) is 17.4 Å². The number of halogens is 2. The van der Waals surface area contributed by atoms with Gasteiger partial charge in [-0.05, 0) is 48.6 Å². The Balaban J connectivity index is 1.53. The van der Waals surface area contributed by atoms with Crippen LogP contribution < -0.4 is 24.8 Å². The van der Waals surface area contributed by atoms with Gasteiger partial charge < -0.3 is 29.6 Å². The van der Waals surface area contributed by atoms with Crippen LogP contribution in [0.3, 0.4) is 0 Å². The van der Waals surface area contributed by atoms with Crippen molar-refractivity contribution in [3.05, 3.63) is 64.2 Å². The molecular weight excluding hydrogens is 508 g/mol. The number of hydrogen-bond donors (Lipinski definition) is 2. The summed E-state index contributed by atoms with van der Waals surface area (Å²) in [7, 11) is 4.27. The van der Waals surface area contributed by atoms with E-state index in [1.54, 1.807) is 25.3 Å². The van der Waals surface area contributed by atoms with Gasteiger partial charge in [-0.25, -0.2) is 13.6 Å². The van der Waals surface area contributed by atoms with Crippen LogP contribution in [-0.2, 0) is 17.9 Å². The number of ether oxygens (including phenoxy) is 4. The number of anilines is 1. The molecule has 196 valence electrons. The van der Waals surface area contributed by atoms with Crippen molar-refractivity contribution in [2.75, 3.05) is 26.6 Å². The topological polar surface area (TPSA) is 108 Å². The standard InChI is InChI=1S/C25H25F2N3O6S/c1-33-15-7-4-13(19(10-15)34-2)11-28-24-20(25(32)35-3)23(30-37-24)36-12-17-18(26)9-8-16(21(17)27)22(31)29-14-5-6-14/h4,7-10,14,28H,5-6,11-12H2,1-3H3,(H,29,31). The number of nitrogens with zero attached hydrogens (tertiary/aromatic N) is 1. The van der Waals surface area contributed by atoms with Crippen LogP contribution in [0.15, 0.2) is 30.3 Å². The number of amides is 1. The molecule has 0 saturated heterocycles. The second-order valence-electron chi connectivity index (χ2n) is 8.14. The van der Waals surface area contributed by atoms with E-state index in [1.807, 2.05) is 0 Å². The molecule has 0 unspecified atom stereocenters. The van der Waals surface area contributed by atoms with E-state index in [9.17, 15) is 18.4 Å². The van der Waals surface area contributed by atoms with Crippen molar-refractivity contribution in [1.29, 1.82) is 0 Å². The second-order valence-corrected chi connectivity index (χ2v) is 8.91. The summed E-state index contributed by atoms with van der Waals surface area (Å²) in [6, 6.07) is 7.40. The van der Waals surface area contributed by atoms with E-state index < -0.39 is 35.7 Å². The van der Waals surface area contributed by atoms with E-state index in [2.05, 4.69) is 15.0 Å². The summed E-state index contributed by atoms with van der Waals surface area (Å²) in [6.45, 7) is -0.331. The number of aromatic nitrogens is 1. The molecule has 0 atom stereocenters. The molecule has 0 spiro atoms. The molecule has 0 bridgehead atoms. The van der Waals surface area contributed by atoms with E-state index in [-0.39, 0.29) is 29.6 Å². The Morgan fingerprint density at radius 2 is 1.89 bits per heavy atom. The third-order valence-corrected chi connectivity index (χ3v) is 6.47. The summed E-state index contributed by atoms with van der Waals surface area (Å²) in [6.07, 6.45) is 1.65. The summed E-state index contributed by atoms with van der Waals surface area (Å²) >= 11 is 0.922. The first kappa shape index (κ1) is 26.1. The lowest BCUT2D eigenvalue weighted by Gasteiger charge is -2.12. The van der Waals surface area contributed by atoms with Crippen LogP contribution in [0.1, 0.15) is 44.7 Å². The molecule has 1 saturated carbocycles. The van der Waals surface area contributed by atoms with Crippen LogP contribution >= 0.6 is 11.5 Å².